The van der Waals surface area contributed by atoms with Crippen molar-refractivity contribution in [2.24, 2.45) is 0 Å². The van der Waals surface area contributed by atoms with Crippen molar-refractivity contribution in [1.82, 2.24) is 5.32 Å². The number of carbonyl (C=O) groups is 3. The monoisotopic (exact) mass is 253 g/mol. The lowest BCUT2D eigenvalue weighted by molar-refractivity contribution is -0.133. The highest BCUT2D eigenvalue weighted by atomic mass is 32.2. The van der Waals surface area contributed by atoms with Crippen molar-refractivity contribution in [1.29, 1.82) is 0 Å². The summed E-state index contributed by atoms with van der Waals surface area (Å²) < 4.78 is 29.9. The number of hydrogen-bond donors (Lipinski definition) is 2. The largest absolute Gasteiger partial charge is 0.481 e. The molecule has 1 saturated heterocycles. The number of hydrogen-bond acceptors (Lipinski definition) is 5. The SMILES string of the molecule is [2H]C1([2H])SC(=O)C(NC(=O)CSCC(=O)O)C1([2H])[2H]. The lowest BCUT2D eigenvalue weighted by atomic mass is 10.2. The average molecular weight is 253 g/mol. The summed E-state index contributed by atoms with van der Waals surface area (Å²) in [5, 5.41) is 9.71. The highest BCUT2D eigenvalue weighted by Crippen LogP contribution is 2.19. The van der Waals surface area contributed by atoms with E-state index >= 15 is 0 Å². The van der Waals surface area contributed by atoms with Gasteiger partial charge in [-0.2, -0.15) is 0 Å². The highest BCUT2D eigenvalue weighted by Gasteiger charge is 2.26. The van der Waals surface area contributed by atoms with E-state index in [-0.39, 0.29) is 23.3 Å². The van der Waals surface area contributed by atoms with Gasteiger partial charge in [0.15, 0.2) is 0 Å². The predicted octanol–water partition coefficient (Wildman–Crippen LogP) is -0.0475. The maximum absolute atomic E-state index is 11.5. The number of nitrogens with one attached hydrogen (secondary N) is 1. The average Bonchev–Trinajstić information content (AvgIpc) is 2.37. The molecule has 0 aromatic carbocycles. The number of rotatable bonds is 5. The molecule has 15 heavy (non-hydrogen) atoms. The van der Waals surface area contributed by atoms with Crippen LogP contribution >= 0.6 is 23.5 Å². The smallest absolute Gasteiger partial charge is 0.313 e. The molecular formula is C8H11NO4S2. The molecule has 0 spiro atoms. The van der Waals surface area contributed by atoms with E-state index in [2.05, 4.69) is 5.32 Å². The van der Waals surface area contributed by atoms with Crippen molar-refractivity contribution in [2.45, 2.75) is 12.4 Å². The summed E-state index contributed by atoms with van der Waals surface area (Å²) in [6, 6.07) is -1.56. The van der Waals surface area contributed by atoms with E-state index in [1.807, 2.05) is 0 Å². The summed E-state index contributed by atoms with van der Waals surface area (Å²) in [5.74, 6) is -2.31. The quantitative estimate of drug-likeness (QED) is 0.715. The van der Waals surface area contributed by atoms with Crippen molar-refractivity contribution < 1.29 is 25.0 Å². The number of carboxylic acids is 1. The minimum absolute atomic E-state index is 0.212. The molecule has 0 saturated carbocycles. The lowest BCUT2D eigenvalue weighted by Gasteiger charge is -2.08. The van der Waals surface area contributed by atoms with Crippen molar-refractivity contribution in [3.05, 3.63) is 0 Å². The van der Waals surface area contributed by atoms with Gasteiger partial charge in [0.05, 0.1) is 17.5 Å². The first-order valence-electron chi connectivity index (χ1n) is 5.89. The molecule has 1 fully saturated rings. The zero-order valence-electron chi connectivity index (χ0n) is 11.5. The zero-order chi connectivity index (χ0) is 14.8. The van der Waals surface area contributed by atoms with E-state index in [1.54, 1.807) is 0 Å². The summed E-state index contributed by atoms with van der Waals surface area (Å²) in [4.78, 5) is 33.2. The second kappa shape index (κ2) is 6.02. The lowest BCUT2D eigenvalue weighted by Crippen LogP contribution is -2.38. The zero-order valence-corrected chi connectivity index (χ0v) is 9.11. The van der Waals surface area contributed by atoms with Gasteiger partial charge in [-0.1, -0.05) is 11.8 Å². The highest BCUT2D eigenvalue weighted by molar-refractivity contribution is 8.14. The second-order valence-corrected chi connectivity index (χ2v) is 4.35. The fraction of sp³-hybridized carbons (Fsp3) is 0.625. The summed E-state index contributed by atoms with van der Waals surface area (Å²) in [6.45, 7) is 0. The maximum atomic E-state index is 11.5. The van der Waals surface area contributed by atoms with E-state index in [9.17, 15) is 14.4 Å². The van der Waals surface area contributed by atoms with Gasteiger partial charge in [0.25, 0.3) is 0 Å². The van der Waals surface area contributed by atoms with Gasteiger partial charge in [-0.3, -0.25) is 14.4 Å². The Morgan fingerprint density at radius 1 is 1.67 bits per heavy atom. The van der Waals surface area contributed by atoms with Crippen molar-refractivity contribution >= 4 is 40.5 Å². The van der Waals surface area contributed by atoms with Crippen LogP contribution in [0.25, 0.3) is 0 Å². The fourth-order valence-electron chi connectivity index (χ4n) is 0.785. The normalized spacial score (nSPS) is 30.9. The van der Waals surface area contributed by atoms with Gasteiger partial charge in [-0.05, 0) is 6.37 Å². The van der Waals surface area contributed by atoms with Crippen molar-refractivity contribution in [3.8, 4) is 0 Å². The van der Waals surface area contributed by atoms with Gasteiger partial charge >= 0.3 is 5.97 Å². The third-order valence-corrected chi connectivity index (χ3v) is 2.93. The molecule has 1 rings (SSSR count). The van der Waals surface area contributed by atoms with Gasteiger partial charge in [0, 0.05) is 11.2 Å². The molecule has 0 radical (unpaired) electrons. The molecule has 84 valence electrons. The Bertz CT molecular complexity index is 418. The molecule has 1 aliphatic heterocycles. The van der Waals surface area contributed by atoms with Crippen LogP contribution < -0.4 is 5.32 Å². The molecule has 1 amide bonds. The van der Waals surface area contributed by atoms with Crippen LogP contribution in [-0.4, -0.2) is 45.4 Å². The standard InChI is InChI=1S/C8H11NO4S2/c10-6(3-14-4-7(11)12)9-5-1-2-15-8(5)13/h5H,1-4H2,(H,9,10)(H,11,12)/i1D2,2D2. The molecule has 1 heterocycles. The van der Waals surface area contributed by atoms with Crippen LogP contribution in [0.15, 0.2) is 0 Å². The summed E-state index contributed by atoms with van der Waals surface area (Å²) >= 11 is 1.02. The molecule has 1 atom stereocenters. The van der Waals surface area contributed by atoms with Crippen LogP contribution in [0.1, 0.15) is 11.9 Å². The van der Waals surface area contributed by atoms with Crippen LogP contribution in [0.2, 0.25) is 0 Å². The fourth-order valence-corrected chi connectivity index (χ4v) is 1.84. The van der Waals surface area contributed by atoms with Crippen LogP contribution in [0.5, 0.6) is 0 Å². The molecule has 1 unspecified atom stereocenters. The predicted molar refractivity (Wildman–Crippen MR) is 59.0 cm³/mol. The van der Waals surface area contributed by atoms with E-state index < -0.39 is 35.1 Å². The molecule has 0 aromatic rings. The number of carbonyl (C=O) groups excluding carboxylic acids is 2. The van der Waals surface area contributed by atoms with Crippen LogP contribution in [0, 0.1) is 0 Å². The van der Waals surface area contributed by atoms with Crippen molar-refractivity contribution in [2.75, 3.05) is 17.2 Å². The summed E-state index contributed by atoms with van der Waals surface area (Å²) in [5.41, 5.74) is -2.41. The Labute approximate surface area is 101 Å². The molecular weight excluding hydrogens is 238 g/mol. The van der Waals surface area contributed by atoms with Crippen LogP contribution in [0.4, 0.5) is 0 Å². The Balaban J connectivity index is 2.59. The Kier molecular flexibility index (Phi) is 3.03. The number of thioether (sulfide) groups is 2. The minimum atomic E-state index is -2.51. The van der Waals surface area contributed by atoms with Gasteiger partial charge in [0.1, 0.15) is 0 Å². The Morgan fingerprint density at radius 2 is 2.40 bits per heavy atom. The molecule has 1 aliphatic rings. The van der Waals surface area contributed by atoms with Gasteiger partial charge < -0.3 is 10.4 Å². The third kappa shape index (κ3) is 4.57. The molecule has 7 heteroatoms. The topological polar surface area (TPSA) is 83.5 Å². The molecule has 0 bridgehead atoms. The van der Waals surface area contributed by atoms with Crippen molar-refractivity contribution in [3.63, 3.8) is 0 Å². The first kappa shape index (κ1) is 7.56. The number of amides is 1. The van der Waals surface area contributed by atoms with Crippen LogP contribution in [-0.2, 0) is 14.4 Å². The molecule has 0 aromatic heterocycles. The summed E-state index contributed by atoms with van der Waals surface area (Å²) in [6.07, 6.45) is -2.51. The maximum Gasteiger partial charge on any atom is 0.313 e. The third-order valence-electron chi connectivity index (χ3n) is 1.35. The van der Waals surface area contributed by atoms with Gasteiger partial charge in [-0.15, -0.1) is 11.8 Å². The van der Waals surface area contributed by atoms with E-state index in [4.69, 9.17) is 10.6 Å². The Morgan fingerprint density at radius 3 is 2.93 bits per heavy atom. The molecule has 2 N–H and O–H groups in total. The van der Waals surface area contributed by atoms with Gasteiger partial charge in [-0.25, -0.2) is 0 Å². The number of carboxylic acid groups (broad SMARTS) is 1. The Hall–Kier alpha value is -0.690. The first-order chi connectivity index (χ1) is 8.58. The molecule has 5 nitrogen and oxygen atoms in total. The van der Waals surface area contributed by atoms with E-state index in [1.165, 1.54) is 0 Å². The minimum Gasteiger partial charge on any atom is -0.481 e. The first-order valence-corrected chi connectivity index (χ1v) is 5.87. The second-order valence-electron chi connectivity index (χ2n) is 2.55. The molecule has 0 aliphatic carbocycles. The number of aliphatic carboxylic acids is 1. The van der Waals surface area contributed by atoms with Crippen LogP contribution in [0.3, 0.4) is 0 Å². The van der Waals surface area contributed by atoms with E-state index in [0.29, 0.717) is 0 Å². The van der Waals surface area contributed by atoms with Gasteiger partial charge in [0.2, 0.25) is 11.0 Å². The van der Waals surface area contributed by atoms with E-state index in [0.717, 1.165) is 11.8 Å². The summed E-state index contributed by atoms with van der Waals surface area (Å²) in [7, 11) is 0.